The molecule has 5 heteroatoms. The summed E-state index contributed by atoms with van der Waals surface area (Å²) in [6.07, 6.45) is 6.33. The van der Waals surface area contributed by atoms with Crippen molar-refractivity contribution in [1.82, 2.24) is 9.97 Å². The molecule has 1 saturated heterocycles. The second kappa shape index (κ2) is 7.43. The molecular weight excluding hydrogens is 252 g/mol. The van der Waals surface area contributed by atoms with Crippen LogP contribution in [0, 0.1) is 0 Å². The lowest BCUT2D eigenvalue weighted by atomic mass is 10.2. The molecular formula is C15H26N4O. The summed E-state index contributed by atoms with van der Waals surface area (Å²) in [5, 5.41) is 3.39. The molecule has 2 heterocycles. The van der Waals surface area contributed by atoms with Crippen molar-refractivity contribution in [3.63, 3.8) is 0 Å². The van der Waals surface area contributed by atoms with Crippen LogP contribution in [0.4, 0.5) is 11.6 Å². The second-order valence-electron chi connectivity index (χ2n) is 5.32. The molecule has 20 heavy (non-hydrogen) atoms. The van der Waals surface area contributed by atoms with E-state index in [-0.39, 0.29) is 0 Å². The molecule has 1 fully saturated rings. The first kappa shape index (κ1) is 15.0. The number of ether oxygens (including phenoxy) is 1. The number of nitrogens with zero attached hydrogens (tertiary/aromatic N) is 3. The maximum atomic E-state index is 5.71. The molecule has 0 bridgehead atoms. The zero-order valence-corrected chi connectivity index (χ0v) is 12.9. The van der Waals surface area contributed by atoms with Crippen molar-refractivity contribution < 1.29 is 4.74 Å². The van der Waals surface area contributed by atoms with Gasteiger partial charge >= 0.3 is 0 Å². The second-order valence-corrected chi connectivity index (χ2v) is 5.32. The molecule has 112 valence electrons. The fourth-order valence-electron chi connectivity index (χ4n) is 2.63. The van der Waals surface area contributed by atoms with Crippen LogP contribution in [0.2, 0.25) is 0 Å². The van der Waals surface area contributed by atoms with Crippen LogP contribution in [0.5, 0.6) is 0 Å². The van der Waals surface area contributed by atoms with E-state index in [1.807, 2.05) is 0 Å². The highest BCUT2D eigenvalue weighted by Crippen LogP contribution is 2.24. The Kier molecular flexibility index (Phi) is 5.59. The number of hydrogen-bond donors (Lipinski definition) is 1. The van der Waals surface area contributed by atoms with Crippen LogP contribution in [0.3, 0.4) is 0 Å². The first-order chi connectivity index (χ1) is 9.76. The van der Waals surface area contributed by atoms with Gasteiger partial charge in [-0.05, 0) is 25.7 Å². The van der Waals surface area contributed by atoms with Gasteiger partial charge in [0.25, 0.3) is 0 Å². The Balaban J connectivity index is 2.12. The van der Waals surface area contributed by atoms with E-state index >= 15 is 0 Å². The Bertz CT molecular complexity index is 418. The molecule has 0 aromatic carbocycles. The molecule has 5 nitrogen and oxygen atoms in total. The number of likely N-dealkylation sites (N-methyl/N-ethyl adjacent to an activating group) is 1. The van der Waals surface area contributed by atoms with E-state index in [2.05, 4.69) is 41.1 Å². The van der Waals surface area contributed by atoms with Crippen molar-refractivity contribution in [2.45, 2.75) is 45.6 Å². The minimum absolute atomic E-state index is 0.340. The highest BCUT2D eigenvalue weighted by atomic mass is 16.5. The highest BCUT2D eigenvalue weighted by Gasteiger charge is 2.20. The third-order valence-electron chi connectivity index (χ3n) is 3.68. The summed E-state index contributed by atoms with van der Waals surface area (Å²) in [7, 11) is 2.09. The summed E-state index contributed by atoms with van der Waals surface area (Å²) in [5.74, 6) is 2.00. The van der Waals surface area contributed by atoms with E-state index in [1.54, 1.807) is 6.33 Å². The molecule has 0 saturated carbocycles. The monoisotopic (exact) mass is 278 g/mol. The van der Waals surface area contributed by atoms with Gasteiger partial charge in [0.1, 0.15) is 18.0 Å². The van der Waals surface area contributed by atoms with E-state index in [4.69, 9.17) is 4.74 Å². The van der Waals surface area contributed by atoms with Crippen LogP contribution in [-0.4, -0.2) is 42.8 Å². The lowest BCUT2D eigenvalue weighted by Crippen LogP contribution is -2.30. The Hall–Kier alpha value is -1.36. The number of anilines is 2. The first-order valence-electron chi connectivity index (χ1n) is 7.66. The average Bonchev–Trinajstić information content (AvgIpc) is 2.97. The smallest absolute Gasteiger partial charge is 0.137 e. The van der Waals surface area contributed by atoms with E-state index in [0.717, 1.165) is 50.6 Å². The summed E-state index contributed by atoms with van der Waals surface area (Å²) in [6.45, 7) is 7.05. The van der Waals surface area contributed by atoms with Gasteiger partial charge in [-0.2, -0.15) is 0 Å². The molecule has 1 aromatic rings. The Morgan fingerprint density at radius 1 is 1.40 bits per heavy atom. The van der Waals surface area contributed by atoms with Gasteiger partial charge in [-0.1, -0.05) is 13.8 Å². The Morgan fingerprint density at radius 3 is 2.90 bits per heavy atom. The van der Waals surface area contributed by atoms with Crippen molar-refractivity contribution in [3.05, 3.63) is 11.9 Å². The summed E-state index contributed by atoms with van der Waals surface area (Å²) in [4.78, 5) is 11.1. The largest absolute Gasteiger partial charge is 0.376 e. The lowest BCUT2D eigenvalue weighted by Gasteiger charge is -2.24. The number of nitrogens with one attached hydrogen (secondary N) is 1. The molecule has 1 aliphatic heterocycles. The third-order valence-corrected chi connectivity index (χ3v) is 3.68. The highest BCUT2D eigenvalue weighted by molar-refractivity contribution is 5.58. The molecule has 1 N–H and O–H groups in total. The van der Waals surface area contributed by atoms with Crippen molar-refractivity contribution in [2.24, 2.45) is 0 Å². The fraction of sp³-hybridized carbons (Fsp3) is 0.733. The molecule has 1 aromatic heterocycles. The van der Waals surface area contributed by atoms with Crippen LogP contribution in [0.1, 0.15) is 38.7 Å². The first-order valence-corrected chi connectivity index (χ1v) is 7.66. The van der Waals surface area contributed by atoms with Gasteiger partial charge in [-0.3, -0.25) is 0 Å². The quantitative estimate of drug-likeness (QED) is 0.830. The molecule has 1 aliphatic rings. The zero-order valence-electron chi connectivity index (χ0n) is 12.9. The summed E-state index contributed by atoms with van der Waals surface area (Å²) >= 11 is 0. The van der Waals surface area contributed by atoms with Crippen molar-refractivity contribution in [2.75, 3.05) is 37.0 Å². The van der Waals surface area contributed by atoms with Gasteiger partial charge in [0.2, 0.25) is 0 Å². The van der Waals surface area contributed by atoms with Crippen molar-refractivity contribution in [1.29, 1.82) is 0 Å². The summed E-state index contributed by atoms with van der Waals surface area (Å²) in [6, 6.07) is 0. The minimum atomic E-state index is 0.340. The molecule has 2 rings (SSSR count). The molecule has 0 radical (unpaired) electrons. The SMILES string of the molecule is CCCNc1ncnc(N(C)CC2CCCO2)c1CC. The van der Waals surface area contributed by atoms with Gasteiger partial charge < -0.3 is 15.0 Å². The predicted octanol–water partition coefficient (Wildman–Crippen LogP) is 2.48. The van der Waals surface area contributed by atoms with Gasteiger partial charge in [0, 0.05) is 32.3 Å². The topological polar surface area (TPSA) is 50.3 Å². The van der Waals surface area contributed by atoms with Gasteiger partial charge in [-0.25, -0.2) is 9.97 Å². The van der Waals surface area contributed by atoms with E-state index in [0.29, 0.717) is 6.10 Å². The van der Waals surface area contributed by atoms with Crippen LogP contribution in [0.25, 0.3) is 0 Å². The molecule has 0 spiro atoms. The van der Waals surface area contributed by atoms with Crippen LogP contribution in [-0.2, 0) is 11.2 Å². The van der Waals surface area contributed by atoms with Gasteiger partial charge in [0.15, 0.2) is 0 Å². The summed E-state index contributed by atoms with van der Waals surface area (Å²) in [5.41, 5.74) is 1.20. The van der Waals surface area contributed by atoms with E-state index in [1.165, 1.54) is 12.0 Å². The van der Waals surface area contributed by atoms with Crippen molar-refractivity contribution in [3.8, 4) is 0 Å². The predicted molar refractivity (Wildman–Crippen MR) is 82.4 cm³/mol. The Labute approximate surface area is 121 Å². The van der Waals surface area contributed by atoms with Crippen LogP contribution >= 0.6 is 0 Å². The zero-order chi connectivity index (χ0) is 14.4. The number of aromatic nitrogens is 2. The minimum Gasteiger partial charge on any atom is -0.376 e. The van der Waals surface area contributed by atoms with Crippen LogP contribution < -0.4 is 10.2 Å². The number of rotatable bonds is 7. The standard InChI is InChI=1S/C15H26N4O/c1-4-8-16-14-13(5-2)15(18-11-17-14)19(3)10-12-7-6-9-20-12/h11-12H,4-10H2,1-3H3,(H,16,17,18). The van der Waals surface area contributed by atoms with Crippen LogP contribution in [0.15, 0.2) is 6.33 Å². The molecule has 1 unspecified atom stereocenters. The Morgan fingerprint density at radius 2 is 2.25 bits per heavy atom. The maximum Gasteiger partial charge on any atom is 0.137 e. The van der Waals surface area contributed by atoms with E-state index < -0.39 is 0 Å². The fourth-order valence-corrected chi connectivity index (χ4v) is 2.63. The lowest BCUT2D eigenvalue weighted by molar-refractivity contribution is 0.116. The van der Waals surface area contributed by atoms with Gasteiger partial charge in [0.05, 0.1) is 6.10 Å². The van der Waals surface area contributed by atoms with Crippen molar-refractivity contribution >= 4 is 11.6 Å². The van der Waals surface area contributed by atoms with Gasteiger partial charge in [-0.15, -0.1) is 0 Å². The maximum absolute atomic E-state index is 5.71. The average molecular weight is 278 g/mol. The number of hydrogen-bond acceptors (Lipinski definition) is 5. The normalized spacial score (nSPS) is 18.2. The third kappa shape index (κ3) is 3.60. The summed E-state index contributed by atoms with van der Waals surface area (Å²) < 4.78 is 5.71. The molecule has 0 amide bonds. The van der Waals surface area contributed by atoms with E-state index in [9.17, 15) is 0 Å². The molecule has 0 aliphatic carbocycles. The molecule has 1 atom stereocenters.